The van der Waals surface area contributed by atoms with Crippen molar-refractivity contribution in [3.63, 3.8) is 0 Å². The highest BCUT2D eigenvalue weighted by Gasteiger charge is 2.12. The zero-order valence-corrected chi connectivity index (χ0v) is 13.2. The molecule has 0 aliphatic heterocycles. The number of nitrogens with one attached hydrogen (secondary N) is 1. The molecule has 1 unspecified atom stereocenters. The zero-order chi connectivity index (χ0) is 13.6. The molecule has 0 fully saturated rings. The van der Waals surface area contributed by atoms with Crippen LogP contribution in [0.15, 0.2) is 24.3 Å². The third-order valence-corrected chi connectivity index (χ3v) is 4.01. The molecule has 0 bridgehead atoms. The predicted molar refractivity (Wildman–Crippen MR) is 84.4 cm³/mol. The summed E-state index contributed by atoms with van der Waals surface area (Å²) in [6.07, 6.45) is 3.36. The second kappa shape index (κ2) is 7.20. The summed E-state index contributed by atoms with van der Waals surface area (Å²) in [5.74, 6) is 1.19. The molecule has 1 nitrogen and oxygen atoms in total. The van der Waals surface area contributed by atoms with E-state index in [1.54, 1.807) is 0 Å². The summed E-state index contributed by atoms with van der Waals surface area (Å²) in [5, 5.41) is 3.62. The maximum atomic E-state index is 3.62. The van der Waals surface area contributed by atoms with E-state index in [9.17, 15) is 0 Å². The molecule has 0 aliphatic rings. The van der Waals surface area contributed by atoms with Crippen LogP contribution in [-0.4, -0.2) is 18.1 Å². The first-order chi connectivity index (χ1) is 8.47. The van der Waals surface area contributed by atoms with Crippen LogP contribution in [0.2, 0.25) is 0 Å². The van der Waals surface area contributed by atoms with E-state index in [0.29, 0.717) is 6.04 Å². The van der Waals surface area contributed by atoms with Gasteiger partial charge in [-0.05, 0) is 29.2 Å². The van der Waals surface area contributed by atoms with E-state index in [4.69, 9.17) is 0 Å². The van der Waals surface area contributed by atoms with E-state index in [0.717, 1.165) is 6.54 Å². The smallest absolute Gasteiger partial charge is 0.0208 e. The summed E-state index contributed by atoms with van der Waals surface area (Å²) in [4.78, 5) is 0. The number of thioether (sulfide) groups is 1. The summed E-state index contributed by atoms with van der Waals surface area (Å²) in [6.45, 7) is 9.99. The van der Waals surface area contributed by atoms with E-state index < -0.39 is 0 Å². The van der Waals surface area contributed by atoms with Crippen molar-refractivity contribution in [1.82, 2.24) is 5.32 Å². The Morgan fingerprint density at radius 1 is 1.17 bits per heavy atom. The SMILES string of the molecule is CCC(CSC)NCc1ccc(C(C)(C)C)cc1. The Hall–Kier alpha value is -0.470. The van der Waals surface area contributed by atoms with Crippen molar-refractivity contribution >= 4 is 11.8 Å². The molecule has 1 aromatic carbocycles. The van der Waals surface area contributed by atoms with Gasteiger partial charge in [0.15, 0.2) is 0 Å². The summed E-state index contributed by atoms with van der Waals surface area (Å²) in [6, 6.07) is 9.64. The van der Waals surface area contributed by atoms with Crippen molar-refractivity contribution in [3.05, 3.63) is 35.4 Å². The van der Waals surface area contributed by atoms with Gasteiger partial charge in [-0.2, -0.15) is 11.8 Å². The van der Waals surface area contributed by atoms with Gasteiger partial charge in [-0.15, -0.1) is 0 Å². The Morgan fingerprint density at radius 2 is 1.78 bits per heavy atom. The number of benzene rings is 1. The summed E-state index contributed by atoms with van der Waals surface area (Å²) in [7, 11) is 0. The van der Waals surface area contributed by atoms with Gasteiger partial charge in [-0.1, -0.05) is 52.0 Å². The molecule has 2 heteroatoms. The topological polar surface area (TPSA) is 12.0 Å². The van der Waals surface area contributed by atoms with Crippen molar-refractivity contribution in [1.29, 1.82) is 0 Å². The lowest BCUT2D eigenvalue weighted by atomic mass is 9.87. The van der Waals surface area contributed by atoms with Crippen LogP contribution in [-0.2, 0) is 12.0 Å². The Labute approximate surface area is 117 Å². The van der Waals surface area contributed by atoms with E-state index in [2.05, 4.69) is 63.5 Å². The third kappa shape index (κ3) is 5.03. The monoisotopic (exact) mass is 265 g/mol. The number of hydrogen-bond acceptors (Lipinski definition) is 2. The molecule has 18 heavy (non-hydrogen) atoms. The van der Waals surface area contributed by atoms with Crippen LogP contribution in [0.4, 0.5) is 0 Å². The molecule has 0 aromatic heterocycles. The minimum Gasteiger partial charge on any atom is -0.309 e. The lowest BCUT2D eigenvalue weighted by Gasteiger charge is -2.20. The highest BCUT2D eigenvalue weighted by atomic mass is 32.2. The molecular weight excluding hydrogens is 238 g/mol. The second-order valence-electron chi connectivity index (χ2n) is 5.89. The maximum absolute atomic E-state index is 3.62. The average molecular weight is 265 g/mol. The van der Waals surface area contributed by atoms with Gasteiger partial charge in [-0.3, -0.25) is 0 Å². The molecule has 0 spiro atoms. The van der Waals surface area contributed by atoms with Gasteiger partial charge in [0.1, 0.15) is 0 Å². The molecule has 1 rings (SSSR count). The lowest BCUT2D eigenvalue weighted by molar-refractivity contribution is 0.540. The molecule has 1 aromatic rings. The fourth-order valence-electron chi connectivity index (χ4n) is 1.91. The molecule has 0 amide bonds. The van der Waals surface area contributed by atoms with Crippen LogP contribution in [0.3, 0.4) is 0 Å². The zero-order valence-electron chi connectivity index (χ0n) is 12.4. The molecule has 0 radical (unpaired) electrons. The van der Waals surface area contributed by atoms with Crippen LogP contribution < -0.4 is 5.32 Å². The van der Waals surface area contributed by atoms with Gasteiger partial charge < -0.3 is 5.32 Å². The molecule has 102 valence electrons. The Balaban J connectivity index is 2.53. The van der Waals surface area contributed by atoms with Crippen molar-refractivity contribution in [2.45, 2.75) is 52.1 Å². The van der Waals surface area contributed by atoms with Crippen LogP contribution >= 0.6 is 11.8 Å². The standard InChI is InChI=1S/C16H27NS/c1-6-15(12-18-5)17-11-13-7-9-14(10-8-13)16(2,3)4/h7-10,15,17H,6,11-12H2,1-5H3. The van der Waals surface area contributed by atoms with E-state index in [1.165, 1.54) is 23.3 Å². The number of rotatable bonds is 6. The highest BCUT2D eigenvalue weighted by Crippen LogP contribution is 2.22. The minimum atomic E-state index is 0.247. The van der Waals surface area contributed by atoms with Gasteiger partial charge in [0.05, 0.1) is 0 Å². The van der Waals surface area contributed by atoms with Gasteiger partial charge in [0.25, 0.3) is 0 Å². The largest absolute Gasteiger partial charge is 0.309 e. The number of hydrogen-bond donors (Lipinski definition) is 1. The first-order valence-corrected chi connectivity index (χ1v) is 8.18. The summed E-state index contributed by atoms with van der Waals surface area (Å²) >= 11 is 1.91. The molecular formula is C16H27NS. The maximum Gasteiger partial charge on any atom is 0.0208 e. The molecule has 1 N–H and O–H groups in total. The molecule has 0 saturated heterocycles. The van der Waals surface area contributed by atoms with Crippen molar-refractivity contribution in [2.75, 3.05) is 12.0 Å². The van der Waals surface area contributed by atoms with E-state index in [-0.39, 0.29) is 5.41 Å². The lowest BCUT2D eigenvalue weighted by Crippen LogP contribution is -2.30. The van der Waals surface area contributed by atoms with Gasteiger partial charge in [0.2, 0.25) is 0 Å². The Kier molecular flexibility index (Phi) is 6.24. The van der Waals surface area contributed by atoms with Crippen molar-refractivity contribution in [2.24, 2.45) is 0 Å². The molecule has 1 atom stereocenters. The Bertz CT molecular complexity index is 337. The van der Waals surface area contributed by atoms with Crippen LogP contribution in [0.1, 0.15) is 45.2 Å². The van der Waals surface area contributed by atoms with Crippen LogP contribution in [0.25, 0.3) is 0 Å². The van der Waals surface area contributed by atoms with Crippen molar-refractivity contribution < 1.29 is 0 Å². The predicted octanol–water partition coefficient (Wildman–Crippen LogP) is 4.22. The first kappa shape index (κ1) is 15.6. The fourth-order valence-corrected chi connectivity index (χ4v) is 2.66. The second-order valence-corrected chi connectivity index (χ2v) is 6.80. The summed E-state index contributed by atoms with van der Waals surface area (Å²) < 4.78 is 0. The van der Waals surface area contributed by atoms with Gasteiger partial charge in [0, 0.05) is 18.3 Å². The molecule has 0 aliphatic carbocycles. The average Bonchev–Trinajstić information content (AvgIpc) is 2.34. The fraction of sp³-hybridized carbons (Fsp3) is 0.625. The van der Waals surface area contributed by atoms with E-state index >= 15 is 0 Å². The van der Waals surface area contributed by atoms with Crippen LogP contribution in [0.5, 0.6) is 0 Å². The third-order valence-electron chi connectivity index (χ3n) is 3.28. The normalized spacial score (nSPS) is 13.6. The quantitative estimate of drug-likeness (QED) is 0.826. The molecule has 0 saturated carbocycles. The Morgan fingerprint density at radius 3 is 2.22 bits per heavy atom. The van der Waals surface area contributed by atoms with Crippen LogP contribution in [0, 0.1) is 0 Å². The summed E-state index contributed by atoms with van der Waals surface area (Å²) in [5.41, 5.74) is 3.03. The van der Waals surface area contributed by atoms with Gasteiger partial charge in [-0.25, -0.2) is 0 Å². The highest BCUT2D eigenvalue weighted by molar-refractivity contribution is 7.98. The molecule has 0 heterocycles. The van der Waals surface area contributed by atoms with Gasteiger partial charge >= 0.3 is 0 Å². The van der Waals surface area contributed by atoms with E-state index in [1.807, 2.05) is 11.8 Å². The minimum absolute atomic E-state index is 0.247. The van der Waals surface area contributed by atoms with Crippen molar-refractivity contribution in [3.8, 4) is 0 Å². The first-order valence-electron chi connectivity index (χ1n) is 6.79.